The molecule has 1 saturated heterocycles. The van der Waals surface area contributed by atoms with Gasteiger partial charge in [-0.3, -0.25) is 0 Å². The summed E-state index contributed by atoms with van der Waals surface area (Å²) in [5.41, 5.74) is 0.930. The van der Waals surface area contributed by atoms with Crippen molar-refractivity contribution in [2.75, 3.05) is 26.5 Å². The molecule has 5 heteroatoms. The normalized spacial score (nSPS) is 17.7. The molecule has 100 valence electrons. The van der Waals surface area contributed by atoms with Crippen LogP contribution in [0.5, 0.6) is 5.75 Å². The Labute approximate surface area is 108 Å². The Kier molecular flexibility index (Phi) is 3.92. The van der Waals surface area contributed by atoms with Crippen LogP contribution in [0.1, 0.15) is 24.3 Å². The van der Waals surface area contributed by atoms with Crippen molar-refractivity contribution >= 4 is 9.84 Å². The molecule has 0 radical (unpaired) electrons. The zero-order valence-corrected chi connectivity index (χ0v) is 11.6. The molecule has 0 unspecified atom stereocenters. The van der Waals surface area contributed by atoms with E-state index in [-0.39, 0.29) is 0 Å². The summed E-state index contributed by atoms with van der Waals surface area (Å²) in [4.78, 5) is 0.411. The second kappa shape index (κ2) is 5.28. The first-order valence-corrected chi connectivity index (χ1v) is 8.00. The van der Waals surface area contributed by atoms with Crippen LogP contribution in [-0.4, -0.2) is 34.9 Å². The quantitative estimate of drug-likeness (QED) is 0.905. The lowest BCUT2D eigenvalue weighted by molar-refractivity contribution is 0.411. The van der Waals surface area contributed by atoms with E-state index in [9.17, 15) is 8.42 Å². The van der Waals surface area contributed by atoms with Crippen molar-refractivity contribution in [2.45, 2.75) is 23.7 Å². The van der Waals surface area contributed by atoms with Gasteiger partial charge in [-0.25, -0.2) is 8.42 Å². The van der Waals surface area contributed by atoms with Crippen LogP contribution in [0.4, 0.5) is 0 Å². The van der Waals surface area contributed by atoms with E-state index in [2.05, 4.69) is 5.32 Å². The minimum Gasteiger partial charge on any atom is -0.497 e. The zero-order valence-electron chi connectivity index (χ0n) is 10.8. The third-order valence-corrected chi connectivity index (χ3v) is 4.55. The summed E-state index contributed by atoms with van der Waals surface area (Å²) in [7, 11) is -1.67. The average molecular weight is 269 g/mol. The van der Waals surface area contributed by atoms with Gasteiger partial charge in [0.05, 0.1) is 12.0 Å². The number of hydrogen-bond acceptors (Lipinski definition) is 4. The fourth-order valence-electron chi connectivity index (χ4n) is 2.43. The molecule has 1 heterocycles. The highest BCUT2D eigenvalue weighted by molar-refractivity contribution is 7.90. The van der Waals surface area contributed by atoms with E-state index in [1.807, 2.05) is 12.1 Å². The van der Waals surface area contributed by atoms with Crippen molar-refractivity contribution in [3.63, 3.8) is 0 Å². The van der Waals surface area contributed by atoms with Gasteiger partial charge in [-0.15, -0.1) is 0 Å². The molecule has 1 fully saturated rings. The van der Waals surface area contributed by atoms with Crippen molar-refractivity contribution < 1.29 is 13.2 Å². The molecule has 1 aromatic rings. The molecule has 0 saturated carbocycles. The molecular formula is C13H19NO3S. The molecule has 0 aliphatic carbocycles. The van der Waals surface area contributed by atoms with E-state index in [1.165, 1.54) is 6.26 Å². The van der Waals surface area contributed by atoms with E-state index in [0.717, 1.165) is 31.5 Å². The molecule has 18 heavy (non-hydrogen) atoms. The Bertz CT molecular complexity index is 519. The number of nitrogens with one attached hydrogen (secondary N) is 1. The van der Waals surface area contributed by atoms with Crippen LogP contribution in [0.25, 0.3) is 0 Å². The van der Waals surface area contributed by atoms with Gasteiger partial charge in [0, 0.05) is 6.26 Å². The van der Waals surface area contributed by atoms with Gasteiger partial charge >= 0.3 is 0 Å². The van der Waals surface area contributed by atoms with Gasteiger partial charge in [-0.05, 0) is 49.5 Å². The van der Waals surface area contributed by atoms with Crippen molar-refractivity contribution in [3.05, 3.63) is 23.8 Å². The topological polar surface area (TPSA) is 55.4 Å². The van der Waals surface area contributed by atoms with Gasteiger partial charge in [0.2, 0.25) is 0 Å². The second-order valence-corrected chi connectivity index (χ2v) is 6.68. The Hall–Kier alpha value is -1.07. The van der Waals surface area contributed by atoms with Crippen LogP contribution < -0.4 is 10.1 Å². The van der Waals surface area contributed by atoms with Crippen LogP contribution in [0.3, 0.4) is 0 Å². The van der Waals surface area contributed by atoms with Gasteiger partial charge in [0.25, 0.3) is 0 Å². The molecule has 1 aliphatic heterocycles. The second-order valence-electron chi connectivity index (χ2n) is 4.70. The van der Waals surface area contributed by atoms with Gasteiger partial charge in [-0.2, -0.15) is 0 Å². The Balaban J connectivity index is 2.45. The third kappa shape index (κ3) is 2.84. The largest absolute Gasteiger partial charge is 0.497 e. The van der Waals surface area contributed by atoms with Crippen LogP contribution in [-0.2, 0) is 9.84 Å². The summed E-state index contributed by atoms with van der Waals surface area (Å²) in [6.07, 6.45) is 3.22. The molecule has 0 aromatic heterocycles. The lowest BCUT2D eigenvalue weighted by Gasteiger charge is -2.24. The number of piperidine rings is 1. The van der Waals surface area contributed by atoms with Crippen molar-refractivity contribution in [1.82, 2.24) is 5.32 Å². The standard InChI is InChI=1S/C13H19NO3S/c1-17-11-3-4-12(10-5-7-14-8-6-10)13(9-11)18(2,15)16/h3-4,9-10,14H,5-8H2,1-2H3. The summed E-state index contributed by atoms with van der Waals surface area (Å²) >= 11 is 0. The highest BCUT2D eigenvalue weighted by Gasteiger charge is 2.22. The SMILES string of the molecule is COc1ccc(C2CCNCC2)c(S(C)(=O)=O)c1. The summed E-state index contributed by atoms with van der Waals surface area (Å²) in [6, 6.07) is 5.37. The van der Waals surface area contributed by atoms with Crippen LogP contribution >= 0.6 is 0 Å². The maximum absolute atomic E-state index is 11.9. The van der Waals surface area contributed by atoms with Gasteiger partial charge in [-0.1, -0.05) is 6.07 Å². The molecule has 0 amide bonds. The van der Waals surface area contributed by atoms with Gasteiger partial charge in [0.1, 0.15) is 5.75 Å². The predicted octanol–water partition coefficient (Wildman–Crippen LogP) is 1.57. The molecular weight excluding hydrogens is 250 g/mol. The van der Waals surface area contributed by atoms with Crippen LogP contribution in [0.2, 0.25) is 0 Å². The van der Waals surface area contributed by atoms with Crippen molar-refractivity contribution in [2.24, 2.45) is 0 Å². The maximum atomic E-state index is 11.9. The lowest BCUT2D eigenvalue weighted by Crippen LogP contribution is -2.27. The fraction of sp³-hybridized carbons (Fsp3) is 0.538. The van der Waals surface area contributed by atoms with E-state index >= 15 is 0 Å². The highest BCUT2D eigenvalue weighted by Crippen LogP contribution is 2.32. The van der Waals surface area contributed by atoms with Crippen LogP contribution in [0.15, 0.2) is 23.1 Å². The van der Waals surface area contributed by atoms with Gasteiger partial charge < -0.3 is 10.1 Å². The Morgan fingerprint density at radius 3 is 2.50 bits per heavy atom. The monoisotopic (exact) mass is 269 g/mol. The highest BCUT2D eigenvalue weighted by atomic mass is 32.2. The van der Waals surface area contributed by atoms with E-state index in [0.29, 0.717) is 16.6 Å². The molecule has 0 spiro atoms. The third-order valence-electron chi connectivity index (χ3n) is 3.40. The summed E-state index contributed by atoms with van der Waals surface area (Å²) < 4.78 is 28.9. The predicted molar refractivity (Wildman–Crippen MR) is 70.9 cm³/mol. The number of rotatable bonds is 3. The van der Waals surface area contributed by atoms with E-state index in [1.54, 1.807) is 13.2 Å². The first-order valence-electron chi connectivity index (χ1n) is 6.11. The molecule has 1 N–H and O–H groups in total. The first kappa shape index (κ1) is 13.4. The summed E-state index contributed by atoms with van der Waals surface area (Å²) in [5, 5.41) is 3.29. The number of benzene rings is 1. The molecule has 1 aromatic carbocycles. The maximum Gasteiger partial charge on any atom is 0.175 e. The summed E-state index contributed by atoms with van der Waals surface area (Å²) in [6.45, 7) is 1.89. The number of ether oxygens (including phenoxy) is 1. The van der Waals surface area contributed by atoms with Crippen molar-refractivity contribution in [3.8, 4) is 5.75 Å². The Morgan fingerprint density at radius 1 is 1.28 bits per heavy atom. The number of hydrogen-bond donors (Lipinski definition) is 1. The lowest BCUT2D eigenvalue weighted by atomic mass is 9.90. The molecule has 0 atom stereocenters. The number of methoxy groups -OCH3 is 1. The smallest absolute Gasteiger partial charge is 0.175 e. The Morgan fingerprint density at radius 2 is 1.94 bits per heavy atom. The molecule has 4 nitrogen and oxygen atoms in total. The van der Waals surface area contributed by atoms with E-state index in [4.69, 9.17) is 4.74 Å². The first-order chi connectivity index (χ1) is 8.52. The minimum absolute atomic E-state index is 0.321. The fourth-order valence-corrected chi connectivity index (χ4v) is 3.43. The van der Waals surface area contributed by atoms with Gasteiger partial charge in [0.15, 0.2) is 9.84 Å². The van der Waals surface area contributed by atoms with Crippen LogP contribution in [0, 0.1) is 0 Å². The van der Waals surface area contributed by atoms with E-state index < -0.39 is 9.84 Å². The molecule has 0 bridgehead atoms. The summed E-state index contributed by atoms with van der Waals surface area (Å²) in [5.74, 6) is 0.912. The minimum atomic E-state index is -3.22. The molecule has 2 rings (SSSR count). The van der Waals surface area contributed by atoms with Crippen molar-refractivity contribution in [1.29, 1.82) is 0 Å². The number of sulfone groups is 1. The molecule has 1 aliphatic rings. The average Bonchev–Trinajstić information content (AvgIpc) is 2.38. The zero-order chi connectivity index (χ0) is 13.2.